The molecule has 0 bridgehead atoms. The maximum atomic E-state index is 12.4. The zero-order valence-corrected chi connectivity index (χ0v) is 10.7. The standard InChI is InChI=1S/C13H17F3N2O/c14-13(15,16)12(19)18-10-4-6-11(18)5-3-9-17-7-1-2-8-17/h11H,1-2,4,6-10H2/t11-/m1/s1. The van der Waals surface area contributed by atoms with E-state index in [4.69, 9.17) is 0 Å². The lowest BCUT2D eigenvalue weighted by atomic mass is 10.2. The molecule has 0 unspecified atom stereocenters. The first kappa shape index (κ1) is 14.2. The van der Waals surface area contributed by atoms with Crippen LogP contribution in [-0.4, -0.2) is 54.1 Å². The third kappa shape index (κ3) is 3.63. The second-order valence-corrected chi connectivity index (χ2v) is 4.96. The summed E-state index contributed by atoms with van der Waals surface area (Å²) in [6.07, 6.45) is -1.35. The van der Waals surface area contributed by atoms with Gasteiger partial charge in [0.2, 0.25) is 0 Å². The molecule has 0 radical (unpaired) electrons. The Kier molecular flexibility index (Phi) is 4.35. The molecule has 6 heteroatoms. The Labute approximate surface area is 110 Å². The van der Waals surface area contributed by atoms with Crippen molar-refractivity contribution in [3.63, 3.8) is 0 Å². The Morgan fingerprint density at radius 1 is 1.16 bits per heavy atom. The van der Waals surface area contributed by atoms with E-state index < -0.39 is 18.1 Å². The molecule has 0 aromatic carbocycles. The topological polar surface area (TPSA) is 23.6 Å². The highest BCUT2D eigenvalue weighted by atomic mass is 19.4. The van der Waals surface area contributed by atoms with Crippen molar-refractivity contribution in [3.05, 3.63) is 0 Å². The van der Waals surface area contributed by atoms with Gasteiger partial charge < -0.3 is 4.90 Å². The summed E-state index contributed by atoms with van der Waals surface area (Å²) >= 11 is 0. The van der Waals surface area contributed by atoms with Crippen LogP contribution in [0, 0.1) is 11.8 Å². The van der Waals surface area contributed by atoms with Gasteiger partial charge in [-0.3, -0.25) is 9.69 Å². The molecule has 106 valence electrons. The normalized spacial score (nSPS) is 24.4. The van der Waals surface area contributed by atoms with E-state index in [1.54, 1.807) is 0 Å². The number of amides is 1. The molecule has 0 aromatic rings. The maximum Gasteiger partial charge on any atom is 0.471 e. The third-order valence-corrected chi connectivity index (χ3v) is 3.53. The van der Waals surface area contributed by atoms with Crippen LogP contribution in [0.4, 0.5) is 13.2 Å². The second kappa shape index (κ2) is 5.83. The van der Waals surface area contributed by atoms with Crippen molar-refractivity contribution in [2.45, 2.75) is 37.9 Å². The number of hydrogen-bond acceptors (Lipinski definition) is 2. The minimum atomic E-state index is -4.79. The molecule has 1 amide bonds. The summed E-state index contributed by atoms with van der Waals surface area (Å²) in [5, 5.41) is 0. The van der Waals surface area contributed by atoms with Crippen LogP contribution in [0.15, 0.2) is 0 Å². The van der Waals surface area contributed by atoms with Crippen LogP contribution in [0.3, 0.4) is 0 Å². The first-order valence-corrected chi connectivity index (χ1v) is 6.57. The number of hydrogen-bond donors (Lipinski definition) is 0. The number of carbonyl (C=O) groups is 1. The summed E-state index contributed by atoms with van der Waals surface area (Å²) in [6.45, 7) is 2.75. The van der Waals surface area contributed by atoms with Crippen LogP contribution in [0.1, 0.15) is 25.7 Å². The monoisotopic (exact) mass is 274 g/mol. The molecule has 0 saturated carbocycles. The Balaban J connectivity index is 1.91. The van der Waals surface area contributed by atoms with Gasteiger partial charge in [-0.15, -0.1) is 0 Å². The highest BCUT2D eigenvalue weighted by Crippen LogP contribution is 2.25. The lowest BCUT2D eigenvalue weighted by Crippen LogP contribution is -2.43. The number of nitrogens with zero attached hydrogens (tertiary/aromatic N) is 2. The van der Waals surface area contributed by atoms with E-state index in [0.717, 1.165) is 30.8 Å². The number of carbonyl (C=O) groups excluding carboxylic acids is 1. The van der Waals surface area contributed by atoms with Crippen LogP contribution in [0.2, 0.25) is 0 Å². The van der Waals surface area contributed by atoms with E-state index in [1.165, 1.54) is 0 Å². The number of alkyl halides is 3. The molecule has 2 rings (SSSR count). The predicted molar refractivity (Wildman–Crippen MR) is 64.2 cm³/mol. The first-order valence-electron chi connectivity index (χ1n) is 6.57. The highest BCUT2D eigenvalue weighted by Gasteiger charge is 2.45. The van der Waals surface area contributed by atoms with Gasteiger partial charge >= 0.3 is 12.1 Å². The van der Waals surface area contributed by atoms with Crippen molar-refractivity contribution >= 4 is 5.91 Å². The van der Waals surface area contributed by atoms with E-state index in [0.29, 0.717) is 19.4 Å². The molecule has 2 heterocycles. The summed E-state index contributed by atoms with van der Waals surface area (Å²) in [5.74, 6) is 3.99. The van der Waals surface area contributed by atoms with E-state index in [2.05, 4.69) is 16.7 Å². The minimum Gasteiger partial charge on any atom is -0.321 e. The largest absolute Gasteiger partial charge is 0.471 e. The molecule has 1 atom stereocenters. The summed E-state index contributed by atoms with van der Waals surface area (Å²) in [5.41, 5.74) is 0. The van der Waals surface area contributed by atoms with Crippen molar-refractivity contribution in [2.75, 3.05) is 26.2 Å². The van der Waals surface area contributed by atoms with E-state index in [-0.39, 0.29) is 6.54 Å². The molecule has 0 N–H and O–H groups in total. The third-order valence-electron chi connectivity index (χ3n) is 3.53. The van der Waals surface area contributed by atoms with Gasteiger partial charge in [-0.05, 0) is 38.8 Å². The molecule has 0 spiro atoms. The van der Waals surface area contributed by atoms with E-state index >= 15 is 0 Å². The lowest BCUT2D eigenvalue weighted by molar-refractivity contribution is -0.185. The molecule has 2 aliphatic heterocycles. The first-order chi connectivity index (χ1) is 8.98. The fourth-order valence-corrected chi connectivity index (χ4v) is 2.54. The van der Waals surface area contributed by atoms with Gasteiger partial charge in [-0.25, -0.2) is 0 Å². The summed E-state index contributed by atoms with van der Waals surface area (Å²) in [4.78, 5) is 14.3. The van der Waals surface area contributed by atoms with E-state index in [9.17, 15) is 18.0 Å². The van der Waals surface area contributed by atoms with Gasteiger partial charge in [0.15, 0.2) is 0 Å². The quantitative estimate of drug-likeness (QED) is 0.679. The average Bonchev–Trinajstić information content (AvgIpc) is 2.97. The number of likely N-dealkylation sites (tertiary alicyclic amines) is 2. The summed E-state index contributed by atoms with van der Waals surface area (Å²) in [6, 6.07) is -0.572. The fourth-order valence-electron chi connectivity index (χ4n) is 2.54. The van der Waals surface area contributed by atoms with Crippen molar-refractivity contribution < 1.29 is 18.0 Å². The number of halogens is 3. The molecule has 3 nitrogen and oxygen atoms in total. The predicted octanol–water partition coefficient (Wildman–Crippen LogP) is 1.64. The van der Waals surface area contributed by atoms with Crippen LogP contribution >= 0.6 is 0 Å². The fraction of sp³-hybridized carbons (Fsp3) is 0.769. The molecule has 0 aromatic heterocycles. The van der Waals surface area contributed by atoms with Crippen LogP contribution < -0.4 is 0 Å². The smallest absolute Gasteiger partial charge is 0.321 e. The molecular weight excluding hydrogens is 257 g/mol. The molecule has 19 heavy (non-hydrogen) atoms. The lowest BCUT2D eigenvalue weighted by Gasteiger charge is -2.21. The van der Waals surface area contributed by atoms with Gasteiger partial charge in [-0.1, -0.05) is 11.8 Å². The van der Waals surface area contributed by atoms with Gasteiger partial charge in [0.05, 0.1) is 12.6 Å². The Bertz CT molecular complexity index is 391. The zero-order chi connectivity index (χ0) is 13.9. The summed E-state index contributed by atoms with van der Waals surface area (Å²) < 4.78 is 37.2. The van der Waals surface area contributed by atoms with Gasteiger partial charge in [0, 0.05) is 6.54 Å². The maximum absolute atomic E-state index is 12.4. The van der Waals surface area contributed by atoms with Crippen molar-refractivity contribution in [3.8, 4) is 11.8 Å². The van der Waals surface area contributed by atoms with Gasteiger partial charge in [0.1, 0.15) is 0 Å². The van der Waals surface area contributed by atoms with Crippen molar-refractivity contribution in [2.24, 2.45) is 0 Å². The van der Waals surface area contributed by atoms with Crippen LogP contribution in [0.5, 0.6) is 0 Å². The zero-order valence-electron chi connectivity index (χ0n) is 10.7. The van der Waals surface area contributed by atoms with Crippen molar-refractivity contribution in [1.29, 1.82) is 0 Å². The Morgan fingerprint density at radius 2 is 1.84 bits per heavy atom. The van der Waals surface area contributed by atoms with Gasteiger partial charge in [-0.2, -0.15) is 13.2 Å². The molecular formula is C13H17F3N2O. The molecule has 0 aliphatic carbocycles. The highest BCUT2D eigenvalue weighted by molar-refractivity contribution is 5.82. The van der Waals surface area contributed by atoms with Crippen molar-refractivity contribution in [1.82, 2.24) is 9.80 Å². The average molecular weight is 274 g/mol. The minimum absolute atomic E-state index is 0.154. The SMILES string of the molecule is O=C(N1CCC[C@H]1C#CCN1CCCC1)C(F)(F)F. The van der Waals surface area contributed by atoms with Crippen LogP contribution in [-0.2, 0) is 4.79 Å². The second-order valence-electron chi connectivity index (χ2n) is 4.96. The van der Waals surface area contributed by atoms with Gasteiger partial charge in [0.25, 0.3) is 0 Å². The molecule has 2 fully saturated rings. The molecule has 2 aliphatic rings. The number of rotatable bonds is 1. The molecule has 2 saturated heterocycles. The summed E-state index contributed by atoms with van der Waals surface area (Å²) in [7, 11) is 0. The Hall–Kier alpha value is -1.22. The van der Waals surface area contributed by atoms with E-state index in [1.807, 2.05) is 0 Å². The Morgan fingerprint density at radius 3 is 2.47 bits per heavy atom. The van der Waals surface area contributed by atoms with Crippen LogP contribution in [0.25, 0.3) is 0 Å².